The number of carbonyl (C=O) groups excluding carboxylic acids is 3. The van der Waals surface area contributed by atoms with Gasteiger partial charge in [0.2, 0.25) is 0 Å². The van der Waals surface area contributed by atoms with Crippen LogP contribution in [0.2, 0.25) is 0 Å². The highest BCUT2D eigenvalue weighted by molar-refractivity contribution is 5.71. The molecule has 54 heavy (non-hydrogen) atoms. The zero-order valence-corrected chi connectivity index (χ0v) is 36.7. The van der Waals surface area contributed by atoms with Gasteiger partial charge in [0, 0.05) is 25.9 Å². The minimum absolute atomic E-state index is 0.0703. The number of rotatable bonds is 40. The van der Waals surface area contributed by atoms with Crippen LogP contribution in [0.5, 0.6) is 0 Å². The van der Waals surface area contributed by atoms with Crippen LogP contribution in [-0.2, 0) is 28.6 Å². The number of aliphatic hydroxyl groups excluding tert-OH is 1. The van der Waals surface area contributed by atoms with Gasteiger partial charge in [0.1, 0.15) is 13.2 Å². The van der Waals surface area contributed by atoms with Gasteiger partial charge >= 0.3 is 17.9 Å². The van der Waals surface area contributed by atoms with Gasteiger partial charge in [-0.15, -0.1) is 0 Å². The Labute approximate surface area is 335 Å². The van der Waals surface area contributed by atoms with Crippen LogP contribution in [0.1, 0.15) is 253 Å². The summed E-state index contributed by atoms with van der Waals surface area (Å²) in [5.41, 5.74) is 0. The Bertz CT molecular complexity index is 756. The molecule has 322 valence electrons. The summed E-state index contributed by atoms with van der Waals surface area (Å²) in [6.45, 7) is 11.3. The lowest BCUT2D eigenvalue weighted by atomic mass is 9.95. The molecule has 0 aliphatic heterocycles. The predicted octanol–water partition coefficient (Wildman–Crippen LogP) is 13.9. The van der Waals surface area contributed by atoms with E-state index < -0.39 is 6.10 Å². The van der Waals surface area contributed by atoms with Gasteiger partial charge in [0.05, 0.1) is 0 Å². The summed E-state index contributed by atoms with van der Waals surface area (Å²) in [6, 6.07) is 0. The van der Waals surface area contributed by atoms with E-state index in [0.717, 1.165) is 77.0 Å². The van der Waals surface area contributed by atoms with Gasteiger partial charge in [-0.2, -0.15) is 0 Å². The van der Waals surface area contributed by atoms with E-state index >= 15 is 0 Å². The first-order chi connectivity index (χ1) is 26.4. The summed E-state index contributed by atoms with van der Waals surface area (Å²) < 4.78 is 16.1. The fourth-order valence-electron chi connectivity index (χ4n) is 6.60. The molecule has 0 aromatic carbocycles. The molecule has 0 aliphatic rings. The lowest BCUT2D eigenvalue weighted by Gasteiger charge is -2.18. The van der Waals surface area contributed by atoms with Crippen molar-refractivity contribution in [3.05, 3.63) is 0 Å². The van der Waals surface area contributed by atoms with Gasteiger partial charge in [-0.25, -0.2) is 0 Å². The van der Waals surface area contributed by atoms with Crippen LogP contribution >= 0.6 is 0 Å². The molecule has 0 heterocycles. The lowest BCUT2D eigenvalue weighted by Crippen LogP contribution is -2.30. The number of hydrogen-bond donors (Lipinski definition) is 1. The van der Waals surface area contributed by atoms with Crippen molar-refractivity contribution in [3.8, 4) is 0 Å². The van der Waals surface area contributed by atoms with Gasteiger partial charge in [-0.1, -0.05) is 202 Å². The van der Waals surface area contributed by atoms with Gasteiger partial charge in [0.15, 0.2) is 6.10 Å². The van der Waals surface area contributed by atoms with Crippen molar-refractivity contribution in [1.29, 1.82) is 0 Å². The van der Waals surface area contributed by atoms with Crippen LogP contribution in [0.15, 0.2) is 0 Å². The third-order valence-corrected chi connectivity index (χ3v) is 10.3. The van der Waals surface area contributed by atoms with Crippen LogP contribution in [0, 0.1) is 5.92 Å². The molecule has 0 bridgehead atoms. The Morgan fingerprint density at radius 3 is 0.981 bits per heavy atom. The molecule has 0 fully saturated rings. The fraction of sp³-hybridized carbons (Fsp3) is 0.936. The molecule has 7 heteroatoms. The van der Waals surface area contributed by atoms with Crippen molar-refractivity contribution in [3.63, 3.8) is 0 Å². The smallest absolute Gasteiger partial charge is 0.306 e. The monoisotopic (exact) mass is 769 g/mol. The van der Waals surface area contributed by atoms with E-state index in [2.05, 4.69) is 34.6 Å². The third kappa shape index (κ3) is 43.1. The van der Waals surface area contributed by atoms with Crippen molar-refractivity contribution >= 4 is 17.9 Å². The number of aliphatic hydroxyl groups is 1. The van der Waals surface area contributed by atoms with E-state index in [9.17, 15) is 19.5 Å². The summed E-state index contributed by atoms with van der Waals surface area (Å²) in [5, 5.41) is 9.47. The fourth-order valence-corrected chi connectivity index (χ4v) is 6.60. The molecule has 0 aromatic heterocycles. The number of unbranched alkanes of at least 4 members (excludes halogenated alkanes) is 24. The second-order valence-corrected chi connectivity index (χ2v) is 15.8. The van der Waals surface area contributed by atoms with Crippen molar-refractivity contribution in [2.45, 2.75) is 259 Å². The van der Waals surface area contributed by atoms with Gasteiger partial charge in [-0.05, 0) is 38.0 Å². The molecule has 0 rings (SSSR count). The number of esters is 3. The SMILES string of the molecule is CCCCCCCC(=O)OCC(COC(=O)CCCCCCC)OC(=O)CCCCCCC.CCCCCCCCCCC(CO)CCCCCCCC. The lowest BCUT2D eigenvalue weighted by molar-refractivity contribution is -0.167. The van der Waals surface area contributed by atoms with E-state index in [-0.39, 0.29) is 31.1 Å². The first-order valence-corrected chi connectivity index (χ1v) is 23.5. The van der Waals surface area contributed by atoms with Crippen LogP contribution in [0.4, 0.5) is 0 Å². The number of ether oxygens (including phenoxy) is 3. The standard InChI is InChI=1S/C27H50O6.C20H42O/c1-4-7-10-13-16-19-25(28)31-22-24(33-27(30)21-18-15-12-9-6-3)23-32-26(29)20-17-14-11-8-5-2;1-3-5-7-9-11-12-14-16-18-20(19-21)17-15-13-10-8-6-4-2/h24H,4-23H2,1-3H3;20-21H,3-19H2,1-2H3. The van der Waals surface area contributed by atoms with E-state index in [1.54, 1.807) is 0 Å². The normalized spacial score (nSPS) is 11.6. The number of carbonyl (C=O) groups is 3. The molecule has 0 saturated carbocycles. The molecule has 0 amide bonds. The largest absolute Gasteiger partial charge is 0.462 e. The van der Waals surface area contributed by atoms with Gasteiger partial charge < -0.3 is 19.3 Å². The Balaban J connectivity index is 0. The van der Waals surface area contributed by atoms with E-state index in [1.807, 2.05) is 0 Å². The average Bonchev–Trinajstić information content (AvgIpc) is 3.17. The highest BCUT2D eigenvalue weighted by Gasteiger charge is 2.19. The predicted molar refractivity (Wildman–Crippen MR) is 228 cm³/mol. The maximum Gasteiger partial charge on any atom is 0.306 e. The summed E-state index contributed by atoms with van der Waals surface area (Å²) in [6.07, 6.45) is 37.9. The molecule has 7 nitrogen and oxygen atoms in total. The Hall–Kier alpha value is -1.63. The van der Waals surface area contributed by atoms with Gasteiger partial charge in [-0.3, -0.25) is 14.4 Å². The van der Waals surface area contributed by atoms with Crippen LogP contribution in [0.25, 0.3) is 0 Å². The molecule has 0 aliphatic carbocycles. The van der Waals surface area contributed by atoms with Crippen molar-refractivity contribution in [2.75, 3.05) is 19.8 Å². The minimum Gasteiger partial charge on any atom is -0.462 e. The van der Waals surface area contributed by atoms with E-state index in [1.165, 1.54) is 122 Å². The Kier molecular flexibility index (Phi) is 46.2. The average molecular weight is 769 g/mol. The second-order valence-electron chi connectivity index (χ2n) is 15.8. The molecule has 0 saturated heterocycles. The molecular formula is C47H92O7. The van der Waals surface area contributed by atoms with Crippen molar-refractivity contribution < 1.29 is 33.7 Å². The Morgan fingerprint density at radius 2 is 0.667 bits per heavy atom. The second kappa shape index (κ2) is 45.8. The van der Waals surface area contributed by atoms with Crippen LogP contribution in [-0.4, -0.2) is 48.9 Å². The van der Waals surface area contributed by atoms with Crippen molar-refractivity contribution in [1.82, 2.24) is 0 Å². The summed E-state index contributed by atoms with van der Waals surface area (Å²) in [7, 11) is 0. The minimum atomic E-state index is -0.749. The van der Waals surface area contributed by atoms with E-state index in [4.69, 9.17) is 14.2 Å². The maximum atomic E-state index is 12.2. The zero-order valence-electron chi connectivity index (χ0n) is 36.7. The molecule has 0 aromatic rings. The highest BCUT2D eigenvalue weighted by Crippen LogP contribution is 2.19. The topological polar surface area (TPSA) is 99.1 Å². The quantitative estimate of drug-likeness (QED) is 0.0376. The first kappa shape index (κ1) is 54.5. The molecule has 1 atom stereocenters. The van der Waals surface area contributed by atoms with Gasteiger partial charge in [0.25, 0.3) is 0 Å². The molecular weight excluding hydrogens is 677 g/mol. The Morgan fingerprint density at radius 1 is 0.389 bits per heavy atom. The molecule has 1 N–H and O–H groups in total. The number of hydrogen-bond acceptors (Lipinski definition) is 7. The first-order valence-electron chi connectivity index (χ1n) is 23.5. The maximum absolute atomic E-state index is 12.2. The summed E-state index contributed by atoms with van der Waals surface area (Å²) in [5.74, 6) is -0.345. The highest BCUT2D eigenvalue weighted by atomic mass is 16.6. The zero-order chi connectivity index (χ0) is 40.2. The van der Waals surface area contributed by atoms with Crippen LogP contribution in [0.3, 0.4) is 0 Å². The van der Waals surface area contributed by atoms with Crippen LogP contribution < -0.4 is 0 Å². The molecule has 0 radical (unpaired) electrons. The summed E-state index contributed by atoms with van der Waals surface area (Å²) >= 11 is 0. The van der Waals surface area contributed by atoms with Crippen molar-refractivity contribution in [2.24, 2.45) is 5.92 Å². The molecule has 1 unspecified atom stereocenters. The third-order valence-electron chi connectivity index (χ3n) is 10.3. The summed E-state index contributed by atoms with van der Waals surface area (Å²) in [4.78, 5) is 36.3. The molecule has 0 spiro atoms. The van der Waals surface area contributed by atoms with E-state index in [0.29, 0.717) is 31.8 Å².